The number of aryl methyl sites for hydroxylation is 1. The number of imidazole rings is 1. The maximum absolute atomic E-state index is 5.83. The Morgan fingerprint density at radius 1 is 1.55 bits per heavy atom. The van der Waals surface area contributed by atoms with Gasteiger partial charge in [-0.3, -0.25) is 0 Å². The second kappa shape index (κ2) is 5.03. The topological polar surface area (TPSA) is 77.5 Å². The van der Waals surface area contributed by atoms with E-state index in [1.165, 1.54) is 12.8 Å². The Bertz CT molecular complexity index is 657. The van der Waals surface area contributed by atoms with E-state index in [1.807, 2.05) is 29.8 Å². The summed E-state index contributed by atoms with van der Waals surface area (Å²) < 4.78 is 7.24. The van der Waals surface area contributed by atoms with Gasteiger partial charge in [0.2, 0.25) is 0 Å². The molecule has 1 heterocycles. The smallest absolute Gasteiger partial charge is 0.189 e. The van der Waals surface area contributed by atoms with Crippen LogP contribution in [0.15, 0.2) is 23.2 Å². The van der Waals surface area contributed by atoms with Gasteiger partial charge >= 0.3 is 0 Å². The zero-order chi connectivity index (χ0) is 14.1. The van der Waals surface area contributed by atoms with Crippen LogP contribution < -0.4 is 15.8 Å². The maximum atomic E-state index is 5.83. The fraction of sp³-hybridized carbons (Fsp3) is 0.429. The van der Waals surface area contributed by atoms with E-state index >= 15 is 0 Å². The second-order valence-corrected chi connectivity index (χ2v) is 5.06. The molecule has 0 spiro atoms. The van der Waals surface area contributed by atoms with E-state index in [0.29, 0.717) is 18.5 Å². The highest BCUT2D eigenvalue weighted by atomic mass is 16.5. The van der Waals surface area contributed by atoms with Gasteiger partial charge in [-0.25, -0.2) is 9.98 Å². The van der Waals surface area contributed by atoms with Gasteiger partial charge < -0.3 is 20.4 Å². The number of ether oxygens (including phenoxy) is 1. The molecule has 3 rings (SSSR count). The molecule has 1 aliphatic rings. The number of benzene rings is 1. The molecule has 2 aromatic rings. The number of fused-ring (bicyclic) bond motifs is 1. The lowest BCUT2D eigenvalue weighted by Crippen LogP contribution is -2.33. The van der Waals surface area contributed by atoms with E-state index in [2.05, 4.69) is 15.3 Å². The van der Waals surface area contributed by atoms with Crippen molar-refractivity contribution >= 4 is 17.0 Å². The van der Waals surface area contributed by atoms with Crippen LogP contribution in [-0.2, 0) is 13.6 Å². The Morgan fingerprint density at radius 3 is 3.05 bits per heavy atom. The number of rotatable bonds is 4. The summed E-state index contributed by atoms with van der Waals surface area (Å²) in [6, 6.07) is 6.37. The van der Waals surface area contributed by atoms with Crippen molar-refractivity contribution in [2.24, 2.45) is 17.8 Å². The summed E-state index contributed by atoms with van der Waals surface area (Å²) in [5.41, 5.74) is 7.80. The van der Waals surface area contributed by atoms with Crippen molar-refractivity contribution < 1.29 is 4.74 Å². The molecule has 0 bridgehead atoms. The Labute approximate surface area is 117 Å². The molecule has 0 saturated heterocycles. The average molecular weight is 273 g/mol. The van der Waals surface area contributed by atoms with Crippen molar-refractivity contribution in [3.05, 3.63) is 24.0 Å². The number of nitrogens with one attached hydrogen (secondary N) is 1. The molecule has 6 heteroatoms. The molecule has 6 nitrogen and oxygen atoms in total. The van der Waals surface area contributed by atoms with Crippen molar-refractivity contribution in [2.45, 2.75) is 25.4 Å². The fourth-order valence-electron chi connectivity index (χ4n) is 2.14. The number of methoxy groups -OCH3 is 1. The van der Waals surface area contributed by atoms with Gasteiger partial charge in [0.1, 0.15) is 18.1 Å². The predicted molar refractivity (Wildman–Crippen MR) is 78.8 cm³/mol. The first kappa shape index (κ1) is 12.8. The van der Waals surface area contributed by atoms with Crippen LogP contribution in [0.5, 0.6) is 5.75 Å². The molecule has 1 saturated carbocycles. The van der Waals surface area contributed by atoms with Crippen LogP contribution in [0.25, 0.3) is 11.0 Å². The predicted octanol–water partition coefficient (Wildman–Crippen LogP) is 1.15. The molecule has 1 aromatic carbocycles. The van der Waals surface area contributed by atoms with Gasteiger partial charge in [-0.1, -0.05) is 0 Å². The normalized spacial score (nSPS) is 15.6. The molecule has 0 radical (unpaired) electrons. The molecule has 0 amide bonds. The highest BCUT2D eigenvalue weighted by Crippen LogP contribution is 2.21. The van der Waals surface area contributed by atoms with Crippen LogP contribution in [0.1, 0.15) is 18.7 Å². The van der Waals surface area contributed by atoms with Crippen LogP contribution in [-0.4, -0.2) is 28.7 Å². The van der Waals surface area contributed by atoms with E-state index < -0.39 is 0 Å². The Balaban J connectivity index is 1.81. The standard InChI is InChI=1S/C14H19N5O/c1-19-12-6-5-10(20-2)7-11(12)18-13(19)8-16-14(15)17-9-3-4-9/h5-7,9H,3-4,8H2,1-2H3,(H3,15,16,17). The molecule has 1 aliphatic carbocycles. The van der Waals surface area contributed by atoms with E-state index in [1.54, 1.807) is 7.11 Å². The molecule has 3 N–H and O–H groups in total. The molecule has 20 heavy (non-hydrogen) atoms. The molecular formula is C14H19N5O. The van der Waals surface area contributed by atoms with Crippen molar-refractivity contribution in [1.82, 2.24) is 14.9 Å². The largest absolute Gasteiger partial charge is 0.497 e. The summed E-state index contributed by atoms with van der Waals surface area (Å²) in [7, 11) is 3.64. The summed E-state index contributed by atoms with van der Waals surface area (Å²) in [4.78, 5) is 8.92. The zero-order valence-electron chi connectivity index (χ0n) is 11.8. The van der Waals surface area contributed by atoms with Crippen LogP contribution in [0, 0.1) is 0 Å². The van der Waals surface area contributed by atoms with Crippen LogP contribution in [0.2, 0.25) is 0 Å². The van der Waals surface area contributed by atoms with Gasteiger partial charge in [0.15, 0.2) is 5.96 Å². The van der Waals surface area contributed by atoms with Crippen molar-refractivity contribution in [2.75, 3.05) is 7.11 Å². The van der Waals surface area contributed by atoms with Gasteiger partial charge in [0, 0.05) is 19.2 Å². The number of aromatic nitrogens is 2. The third-order valence-electron chi connectivity index (χ3n) is 3.50. The third kappa shape index (κ3) is 2.54. The van der Waals surface area contributed by atoms with Crippen molar-refractivity contribution in [3.8, 4) is 5.75 Å². The van der Waals surface area contributed by atoms with Crippen LogP contribution >= 0.6 is 0 Å². The van der Waals surface area contributed by atoms with E-state index in [0.717, 1.165) is 22.6 Å². The number of nitrogens with two attached hydrogens (primary N) is 1. The first-order valence-corrected chi connectivity index (χ1v) is 6.73. The lowest BCUT2D eigenvalue weighted by atomic mass is 10.3. The number of hydrogen-bond acceptors (Lipinski definition) is 3. The molecule has 0 atom stereocenters. The minimum atomic E-state index is 0.471. The summed E-state index contributed by atoms with van der Waals surface area (Å²) in [5.74, 6) is 2.19. The summed E-state index contributed by atoms with van der Waals surface area (Å²) in [6.07, 6.45) is 2.37. The summed E-state index contributed by atoms with van der Waals surface area (Å²) in [6.45, 7) is 0.471. The number of nitrogens with zero attached hydrogens (tertiary/aromatic N) is 3. The minimum Gasteiger partial charge on any atom is -0.497 e. The van der Waals surface area contributed by atoms with Gasteiger partial charge in [0.05, 0.1) is 18.1 Å². The number of hydrogen-bond donors (Lipinski definition) is 2. The maximum Gasteiger partial charge on any atom is 0.189 e. The molecular weight excluding hydrogens is 254 g/mol. The average Bonchev–Trinajstić information content (AvgIpc) is 3.20. The lowest BCUT2D eigenvalue weighted by Gasteiger charge is -2.03. The quantitative estimate of drug-likeness (QED) is 0.647. The first-order valence-electron chi connectivity index (χ1n) is 6.73. The second-order valence-electron chi connectivity index (χ2n) is 5.06. The zero-order valence-corrected chi connectivity index (χ0v) is 11.8. The molecule has 0 unspecified atom stereocenters. The highest BCUT2D eigenvalue weighted by Gasteiger charge is 2.21. The highest BCUT2D eigenvalue weighted by molar-refractivity contribution is 5.79. The van der Waals surface area contributed by atoms with Crippen LogP contribution in [0.4, 0.5) is 0 Å². The SMILES string of the molecule is COc1ccc2c(c1)nc(CN=C(N)NC1CC1)n2C. The first-order chi connectivity index (χ1) is 9.67. The van der Waals surface area contributed by atoms with Crippen molar-refractivity contribution in [1.29, 1.82) is 0 Å². The van der Waals surface area contributed by atoms with E-state index in [9.17, 15) is 0 Å². The minimum absolute atomic E-state index is 0.471. The lowest BCUT2D eigenvalue weighted by molar-refractivity contribution is 0.415. The molecule has 0 aliphatic heterocycles. The monoisotopic (exact) mass is 273 g/mol. The molecule has 106 valence electrons. The Kier molecular flexibility index (Phi) is 3.22. The summed E-state index contributed by atoms with van der Waals surface area (Å²) in [5, 5.41) is 3.17. The van der Waals surface area contributed by atoms with Crippen LogP contribution in [0.3, 0.4) is 0 Å². The van der Waals surface area contributed by atoms with Gasteiger partial charge in [0.25, 0.3) is 0 Å². The van der Waals surface area contributed by atoms with Gasteiger partial charge in [-0.15, -0.1) is 0 Å². The Morgan fingerprint density at radius 2 is 2.35 bits per heavy atom. The van der Waals surface area contributed by atoms with E-state index in [-0.39, 0.29) is 0 Å². The van der Waals surface area contributed by atoms with Crippen molar-refractivity contribution in [3.63, 3.8) is 0 Å². The Hall–Kier alpha value is -2.24. The van der Waals surface area contributed by atoms with Gasteiger partial charge in [-0.05, 0) is 25.0 Å². The number of guanidine groups is 1. The number of aliphatic imine (C=N–C) groups is 1. The molecule has 1 aromatic heterocycles. The summed E-state index contributed by atoms with van der Waals surface area (Å²) >= 11 is 0. The fourth-order valence-corrected chi connectivity index (χ4v) is 2.14. The third-order valence-corrected chi connectivity index (χ3v) is 3.50. The van der Waals surface area contributed by atoms with Gasteiger partial charge in [-0.2, -0.15) is 0 Å². The van der Waals surface area contributed by atoms with E-state index in [4.69, 9.17) is 10.5 Å². The molecule has 1 fully saturated rings.